The van der Waals surface area contributed by atoms with Gasteiger partial charge in [0.1, 0.15) is 0 Å². The van der Waals surface area contributed by atoms with Crippen molar-refractivity contribution in [2.24, 2.45) is 5.92 Å². The molecular formula is C16H24BrNO2. The van der Waals surface area contributed by atoms with E-state index in [1.807, 2.05) is 0 Å². The van der Waals surface area contributed by atoms with E-state index >= 15 is 0 Å². The lowest BCUT2D eigenvalue weighted by Crippen LogP contribution is -2.14. The van der Waals surface area contributed by atoms with Gasteiger partial charge in [0, 0.05) is 23.5 Å². The van der Waals surface area contributed by atoms with Gasteiger partial charge in [-0.3, -0.25) is 0 Å². The monoisotopic (exact) mass is 341 g/mol. The summed E-state index contributed by atoms with van der Waals surface area (Å²) in [6.07, 6.45) is 2.29. The molecule has 0 aliphatic carbocycles. The maximum absolute atomic E-state index is 5.80. The van der Waals surface area contributed by atoms with Crippen molar-refractivity contribution in [1.82, 2.24) is 5.32 Å². The van der Waals surface area contributed by atoms with Crippen LogP contribution < -0.4 is 5.32 Å². The molecule has 1 N–H and O–H groups in total. The highest BCUT2D eigenvalue weighted by molar-refractivity contribution is 9.10. The van der Waals surface area contributed by atoms with Gasteiger partial charge in [-0.25, -0.2) is 0 Å². The highest BCUT2D eigenvalue weighted by Gasteiger charge is 2.15. The lowest BCUT2D eigenvalue weighted by atomic mass is 10.1. The molecule has 0 bridgehead atoms. The minimum Gasteiger partial charge on any atom is -0.381 e. The average molecular weight is 342 g/mol. The van der Waals surface area contributed by atoms with Crippen LogP contribution in [0.4, 0.5) is 0 Å². The lowest BCUT2D eigenvalue weighted by Gasteiger charge is -2.11. The van der Waals surface area contributed by atoms with Gasteiger partial charge < -0.3 is 14.8 Å². The molecule has 3 nitrogen and oxygen atoms in total. The van der Waals surface area contributed by atoms with Crippen LogP contribution in [0.25, 0.3) is 0 Å². The van der Waals surface area contributed by atoms with Crippen LogP contribution in [-0.2, 0) is 22.6 Å². The molecule has 1 heterocycles. The fourth-order valence-corrected chi connectivity index (χ4v) is 2.82. The summed E-state index contributed by atoms with van der Waals surface area (Å²) in [4.78, 5) is 0. The van der Waals surface area contributed by atoms with Crippen LogP contribution in [0.15, 0.2) is 22.7 Å². The molecule has 0 spiro atoms. The Labute approximate surface area is 130 Å². The largest absolute Gasteiger partial charge is 0.381 e. The Hall–Kier alpha value is -0.420. The number of benzene rings is 1. The number of ether oxygens (including phenoxy) is 2. The summed E-state index contributed by atoms with van der Waals surface area (Å²) in [5.74, 6) is 0.575. The van der Waals surface area contributed by atoms with E-state index in [4.69, 9.17) is 9.47 Å². The molecule has 0 saturated carbocycles. The first kappa shape index (κ1) is 16.0. The molecule has 1 aliphatic rings. The average Bonchev–Trinajstić information content (AvgIpc) is 2.95. The third-order valence-electron chi connectivity index (χ3n) is 3.51. The second kappa shape index (κ2) is 8.78. The van der Waals surface area contributed by atoms with Crippen molar-refractivity contribution in [2.45, 2.75) is 32.9 Å². The van der Waals surface area contributed by atoms with Crippen LogP contribution in [0.2, 0.25) is 0 Å². The quantitative estimate of drug-likeness (QED) is 0.734. The summed E-state index contributed by atoms with van der Waals surface area (Å²) in [6.45, 7) is 7.37. The van der Waals surface area contributed by atoms with Gasteiger partial charge in [-0.1, -0.05) is 35.0 Å². The van der Waals surface area contributed by atoms with Crippen molar-refractivity contribution >= 4 is 15.9 Å². The second-order valence-corrected chi connectivity index (χ2v) is 6.20. The normalized spacial score (nSPS) is 18.6. The number of nitrogens with one attached hydrogen (secondary N) is 1. The minimum absolute atomic E-state index is 0.575. The summed E-state index contributed by atoms with van der Waals surface area (Å²) < 4.78 is 12.3. The zero-order chi connectivity index (χ0) is 14.2. The van der Waals surface area contributed by atoms with Crippen LogP contribution >= 0.6 is 15.9 Å². The smallest absolute Gasteiger partial charge is 0.0727 e. The van der Waals surface area contributed by atoms with Crippen LogP contribution in [0.1, 0.15) is 30.9 Å². The molecule has 1 aromatic carbocycles. The van der Waals surface area contributed by atoms with Crippen molar-refractivity contribution in [2.75, 3.05) is 26.4 Å². The van der Waals surface area contributed by atoms with Crippen molar-refractivity contribution in [1.29, 1.82) is 0 Å². The molecule has 1 aromatic rings. The standard InChI is InChI=1S/C16H24BrNO2/c1-2-6-18-9-13-3-4-15(16(17)8-13)12-20-11-14-5-7-19-10-14/h3-4,8,14,18H,2,5-7,9-12H2,1H3. The summed E-state index contributed by atoms with van der Waals surface area (Å²) >= 11 is 3.64. The Balaban J connectivity index is 1.76. The maximum Gasteiger partial charge on any atom is 0.0727 e. The van der Waals surface area contributed by atoms with E-state index < -0.39 is 0 Å². The first-order valence-corrected chi connectivity index (χ1v) is 8.22. The predicted molar refractivity (Wildman–Crippen MR) is 84.7 cm³/mol. The number of hydrogen-bond acceptors (Lipinski definition) is 3. The van der Waals surface area contributed by atoms with E-state index in [9.17, 15) is 0 Å². The molecule has 1 atom stereocenters. The number of rotatable bonds is 8. The molecule has 0 aromatic heterocycles. The Morgan fingerprint density at radius 1 is 1.45 bits per heavy atom. The third-order valence-corrected chi connectivity index (χ3v) is 4.25. The molecule has 0 radical (unpaired) electrons. The van der Waals surface area contributed by atoms with E-state index in [2.05, 4.69) is 46.4 Å². The van der Waals surface area contributed by atoms with Crippen LogP contribution in [0.3, 0.4) is 0 Å². The van der Waals surface area contributed by atoms with E-state index in [1.165, 1.54) is 11.1 Å². The Bertz CT molecular complexity index is 405. The van der Waals surface area contributed by atoms with Gasteiger partial charge >= 0.3 is 0 Å². The van der Waals surface area contributed by atoms with E-state index in [-0.39, 0.29) is 0 Å². The molecule has 1 fully saturated rings. The summed E-state index contributed by atoms with van der Waals surface area (Å²) in [6, 6.07) is 6.50. The fourth-order valence-electron chi connectivity index (χ4n) is 2.28. The second-order valence-electron chi connectivity index (χ2n) is 5.35. The van der Waals surface area contributed by atoms with Crippen molar-refractivity contribution in [3.63, 3.8) is 0 Å². The van der Waals surface area contributed by atoms with Gasteiger partial charge in [0.15, 0.2) is 0 Å². The summed E-state index contributed by atoms with van der Waals surface area (Å²) in [5.41, 5.74) is 2.52. The predicted octanol–water partition coefficient (Wildman–Crippen LogP) is 3.50. The van der Waals surface area contributed by atoms with Crippen molar-refractivity contribution in [3.8, 4) is 0 Å². The molecule has 1 saturated heterocycles. The molecular weight excluding hydrogens is 318 g/mol. The summed E-state index contributed by atoms with van der Waals surface area (Å²) in [7, 11) is 0. The third kappa shape index (κ3) is 5.17. The molecule has 2 rings (SSSR count). The van der Waals surface area contributed by atoms with E-state index in [1.54, 1.807) is 0 Å². The van der Waals surface area contributed by atoms with Crippen LogP contribution in [0.5, 0.6) is 0 Å². The van der Waals surface area contributed by atoms with Gasteiger partial charge in [-0.05, 0) is 36.6 Å². The molecule has 0 amide bonds. The Morgan fingerprint density at radius 2 is 2.35 bits per heavy atom. The van der Waals surface area contributed by atoms with E-state index in [0.29, 0.717) is 12.5 Å². The van der Waals surface area contributed by atoms with Crippen LogP contribution in [0, 0.1) is 5.92 Å². The molecule has 20 heavy (non-hydrogen) atoms. The zero-order valence-electron chi connectivity index (χ0n) is 12.2. The van der Waals surface area contributed by atoms with Gasteiger partial charge in [-0.2, -0.15) is 0 Å². The van der Waals surface area contributed by atoms with Gasteiger partial charge in [-0.15, -0.1) is 0 Å². The SMILES string of the molecule is CCCNCc1ccc(COCC2CCOC2)c(Br)c1. The highest BCUT2D eigenvalue weighted by Crippen LogP contribution is 2.20. The fraction of sp³-hybridized carbons (Fsp3) is 0.625. The molecule has 4 heteroatoms. The van der Waals surface area contributed by atoms with Gasteiger partial charge in [0.2, 0.25) is 0 Å². The lowest BCUT2D eigenvalue weighted by molar-refractivity contribution is 0.0788. The van der Waals surface area contributed by atoms with E-state index in [0.717, 1.165) is 50.2 Å². The molecule has 1 aliphatic heterocycles. The number of hydrogen-bond donors (Lipinski definition) is 1. The van der Waals surface area contributed by atoms with Gasteiger partial charge in [0.25, 0.3) is 0 Å². The van der Waals surface area contributed by atoms with Crippen LogP contribution in [-0.4, -0.2) is 26.4 Å². The first-order chi connectivity index (χ1) is 9.79. The first-order valence-electron chi connectivity index (χ1n) is 7.43. The molecule has 112 valence electrons. The van der Waals surface area contributed by atoms with Crippen molar-refractivity contribution in [3.05, 3.63) is 33.8 Å². The zero-order valence-corrected chi connectivity index (χ0v) is 13.7. The molecule has 1 unspecified atom stereocenters. The Morgan fingerprint density at radius 3 is 3.05 bits per heavy atom. The van der Waals surface area contributed by atoms with Crippen molar-refractivity contribution < 1.29 is 9.47 Å². The maximum atomic E-state index is 5.80. The summed E-state index contributed by atoms with van der Waals surface area (Å²) in [5, 5.41) is 3.41. The Kier molecular flexibility index (Phi) is 7.00. The topological polar surface area (TPSA) is 30.5 Å². The number of halogens is 1. The minimum atomic E-state index is 0.575. The highest BCUT2D eigenvalue weighted by atomic mass is 79.9. The van der Waals surface area contributed by atoms with Gasteiger partial charge in [0.05, 0.1) is 19.8 Å².